The van der Waals surface area contributed by atoms with Gasteiger partial charge in [-0.1, -0.05) is 42.3 Å². The van der Waals surface area contributed by atoms with E-state index in [1.807, 2.05) is 30.3 Å². The van der Waals surface area contributed by atoms with E-state index in [2.05, 4.69) is 46.1 Å². The molecule has 0 amide bonds. The van der Waals surface area contributed by atoms with E-state index in [1.54, 1.807) is 0 Å². The third-order valence-corrected chi connectivity index (χ3v) is 3.51. The van der Waals surface area contributed by atoms with Gasteiger partial charge in [-0.3, -0.25) is 0 Å². The number of benzene rings is 1. The van der Waals surface area contributed by atoms with Crippen molar-refractivity contribution < 1.29 is 4.74 Å². The fraction of sp³-hybridized carbons (Fsp3) is 0.353. The van der Waals surface area contributed by atoms with Gasteiger partial charge in [0.1, 0.15) is 5.75 Å². The second-order valence-electron chi connectivity index (χ2n) is 4.89. The van der Waals surface area contributed by atoms with Crippen molar-refractivity contribution in [1.82, 2.24) is 10.3 Å². The zero-order valence-electron chi connectivity index (χ0n) is 12.5. The van der Waals surface area contributed by atoms with Crippen molar-refractivity contribution in [2.24, 2.45) is 0 Å². The van der Waals surface area contributed by atoms with Crippen molar-refractivity contribution in [2.45, 2.75) is 33.2 Å². The lowest BCUT2D eigenvalue weighted by Gasteiger charge is -2.10. The highest BCUT2D eigenvalue weighted by Gasteiger charge is 2.05. The maximum Gasteiger partial charge on any atom is 0.219 e. The first kappa shape index (κ1) is 16.0. The maximum absolute atomic E-state index is 5.90. The summed E-state index contributed by atoms with van der Waals surface area (Å²) in [5, 5.41) is 3.34. The molecule has 0 saturated carbocycles. The molecule has 0 aliphatic carbocycles. The minimum Gasteiger partial charge on any atom is -0.439 e. The Balaban J connectivity index is 2.22. The number of rotatable bonds is 7. The molecule has 0 saturated heterocycles. The molecule has 2 rings (SSSR count). The number of aryl methyl sites for hydroxylation is 1. The zero-order chi connectivity index (χ0) is 15.1. The van der Waals surface area contributed by atoms with E-state index < -0.39 is 0 Å². The van der Waals surface area contributed by atoms with Gasteiger partial charge in [-0.2, -0.15) is 0 Å². The second-order valence-corrected chi connectivity index (χ2v) is 5.81. The summed E-state index contributed by atoms with van der Waals surface area (Å²) < 4.78 is 6.90. The van der Waals surface area contributed by atoms with Crippen LogP contribution in [0.1, 0.15) is 31.5 Å². The molecular formula is C17H21BrN2O. The van der Waals surface area contributed by atoms with Crippen LogP contribution in [0.5, 0.6) is 11.6 Å². The quantitative estimate of drug-likeness (QED) is 0.787. The van der Waals surface area contributed by atoms with E-state index in [-0.39, 0.29) is 0 Å². The number of aromatic nitrogens is 1. The lowest BCUT2D eigenvalue weighted by Crippen LogP contribution is -2.12. The summed E-state index contributed by atoms with van der Waals surface area (Å²) in [5.41, 5.74) is 2.29. The average molecular weight is 349 g/mol. The number of halogens is 1. The lowest BCUT2D eigenvalue weighted by atomic mass is 10.1. The van der Waals surface area contributed by atoms with E-state index in [4.69, 9.17) is 4.74 Å². The third-order valence-electron chi connectivity index (χ3n) is 3.02. The van der Waals surface area contributed by atoms with Crippen LogP contribution in [-0.2, 0) is 13.0 Å². The molecule has 1 N–H and O–H groups in total. The van der Waals surface area contributed by atoms with Gasteiger partial charge in [0.2, 0.25) is 5.88 Å². The minimum absolute atomic E-state index is 0.659. The highest BCUT2D eigenvalue weighted by atomic mass is 79.9. The van der Waals surface area contributed by atoms with Crippen LogP contribution < -0.4 is 10.1 Å². The van der Waals surface area contributed by atoms with Crippen molar-refractivity contribution in [3.63, 3.8) is 0 Å². The van der Waals surface area contributed by atoms with Crippen molar-refractivity contribution in [3.05, 3.63) is 52.1 Å². The monoisotopic (exact) mass is 348 g/mol. The number of hydrogen-bond donors (Lipinski definition) is 1. The number of nitrogens with one attached hydrogen (secondary N) is 1. The molecule has 0 unspecified atom stereocenters. The highest BCUT2D eigenvalue weighted by molar-refractivity contribution is 9.10. The van der Waals surface area contributed by atoms with Gasteiger partial charge in [-0.25, -0.2) is 4.98 Å². The van der Waals surface area contributed by atoms with Crippen LogP contribution in [0, 0.1) is 0 Å². The van der Waals surface area contributed by atoms with Crippen LogP contribution >= 0.6 is 15.9 Å². The fourth-order valence-corrected chi connectivity index (χ4v) is 2.46. The average Bonchev–Trinajstić information content (AvgIpc) is 2.45. The summed E-state index contributed by atoms with van der Waals surface area (Å²) in [5.74, 6) is 1.45. The summed E-state index contributed by atoms with van der Waals surface area (Å²) in [4.78, 5) is 4.59. The molecule has 0 atom stereocenters. The Morgan fingerprint density at radius 3 is 2.76 bits per heavy atom. The molecule has 3 nitrogen and oxygen atoms in total. The topological polar surface area (TPSA) is 34.1 Å². The summed E-state index contributed by atoms with van der Waals surface area (Å²) in [6.07, 6.45) is 2.04. The molecule has 0 fully saturated rings. The molecule has 4 heteroatoms. The molecule has 0 spiro atoms. The molecule has 112 valence electrons. The van der Waals surface area contributed by atoms with Crippen LogP contribution in [0.4, 0.5) is 0 Å². The Kier molecular flexibility index (Phi) is 6.21. The number of ether oxygens (including phenoxy) is 1. The van der Waals surface area contributed by atoms with Crippen molar-refractivity contribution in [3.8, 4) is 11.6 Å². The van der Waals surface area contributed by atoms with Gasteiger partial charge in [-0.15, -0.1) is 0 Å². The Bertz CT molecular complexity index is 587. The van der Waals surface area contributed by atoms with Crippen molar-refractivity contribution >= 4 is 15.9 Å². The first-order valence-electron chi connectivity index (χ1n) is 7.35. The van der Waals surface area contributed by atoms with Gasteiger partial charge in [0.15, 0.2) is 0 Å². The SMILES string of the molecule is CCCc1cc(CNCC)cc(Oc2cccc(Br)c2)n1. The number of nitrogens with zero attached hydrogens (tertiary/aromatic N) is 1. The molecule has 0 aliphatic heterocycles. The maximum atomic E-state index is 5.90. The van der Waals surface area contributed by atoms with Crippen LogP contribution in [0.3, 0.4) is 0 Å². The normalized spacial score (nSPS) is 10.6. The smallest absolute Gasteiger partial charge is 0.219 e. The summed E-state index contributed by atoms with van der Waals surface area (Å²) in [7, 11) is 0. The molecule has 1 heterocycles. The van der Waals surface area contributed by atoms with Crippen LogP contribution in [0.2, 0.25) is 0 Å². The second kappa shape index (κ2) is 8.15. The Labute approximate surface area is 134 Å². The first-order chi connectivity index (χ1) is 10.2. The molecule has 1 aromatic carbocycles. The van der Waals surface area contributed by atoms with Gasteiger partial charge in [0, 0.05) is 22.8 Å². The van der Waals surface area contributed by atoms with E-state index in [1.165, 1.54) is 5.56 Å². The molecule has 2 aromatic rings. The number of pyridine rings is 1. The minimum atomic E-state index is 0.659. The fourth-order valence-electron chi connectivity index (χ4n) is 2.08. The van der Waals surface area contributed by atoms with E-state index >= 15 is 0 Å². The standard InChI is InChI=1S/C17H21BrN2O/c1-3-6-15-9-13(12-19-4-2)10-17(20-15)21-16-8-5-7-14(18)11-16/h5,7-11,19H,3-4,6,12H2,1-2H3. The van der Waals surface area contributed by atoms with Gasteiger partial charge in [0.25, 0.3) is 0 Å². The first-order valence-corrected chi connectivity index (χ1v) is 8.14. The number of hydrogen-bond acceptors (Lipinski definition) is 3. The van der Waals surface area contributed by atoms with Gasteiger partial charge in [-0.05, 0) is 42.8 Å². The molecule has 21 heavy (non-hydrogen) atoms. The van der Waals surface area contributed by atoms with Crippen molar-refractivity contribution in [1.29, 1.82) is 0 Å². The summed E-state index contributed by atoms with van der Waals surface area (Å²) in [6.45, 7) is 6.05. The lowest BCUT2D eigenvalue weighted by molar-refractivity contribution is 0.459. The molecular weight excluding hydrogens is 328 g/mol. The summed E-state index contributed by atoms with van der Waals surface area (Å²) in [6, 6.07) is 12.0. The molecule has 0 bridgehead atoms. The third kappa shape index (κ3) is 5.14. The van der Waals surface area contributed by atoms with Crippen LogP contribution in [-0.4, -0.2) is 11.5 Å². The molecule has 1 aromatic heterocycles. The predicted octanol–water partition coefficient (Wildman–Crippen LogP) is 4.70. The Morgan fingerprint density at radius 2 is 2.05 bits per heavy atom. The van der Waals surface area contributed by atoms with Crippen molar-refractivity contribution in [2.75, 3.05) is 6.54 Å². The van der Waals surface area contributed by atoms with Gasteiger partial charge < -0.3 is 10.1 Å². The largest absolute Gasteiger partial charge is 0.439 e. The highest BCUT2D eigenvalue weighted by Crippen LogP contribution is 2.24. The van der Waals surface area contributed by atoms with Gasteiger partial charge >= 0.3 is 0 Å². The van der Waals surface area contributed by atoms with E-state index in [0.29, 0.717) is 5.88 Å². The Morgan fingerprint density at radius 1 is 1.19 bits per heavy atom. The Hall–Kier alpha value is -1.39. The predicted molar refractivity (Wildman–Crippen MR) is 89.8 cm³/mol. The summed E-state index contributed by atoms with van der Waals surface area (Å²) >= 11 is 3.45. The van der Waals surface area contributed by atoms with E-state index in [9.17, 15) is 0 Å². The van der Waals surface area contributed by atoms with Crippen LogP contribution in [0.15, 0.2) is 40.9 Å². The molecule has 0 aliphatic rings. The van der Waals surface area contributed by atoms with E-state index in [0.717, 1.165) is 41.8 Å². The molecule has 0 radical (unpaired) electrons. The van der Waals surface area contributed by atoms with Crippen LogP contribution in [0.25, 0.3) is 0 Å². The zero-order valence-corrected chi connectivity index (χ0v) is 14.1. The van der Waals surface area contributed by atoms with Gasteiger partial charge in [0.05, 0.1) is 0 Å².